The number of hydrogen-bond donors (Lipinski definition) is 0. The summed E-state index contributed by atoms with van der Waals surface area (Å²) in [5, 5.41) is 0. The highest BCUT2D eigenvalue weighted by Gasteiger charge is 2.17. The first-order valence-corrected chi connectivity index (χ1v) is 4.90. The van der Waals surface area contributed by atoms with Gasteiger partial charge in [0.2, 0.25) is 0 Å². The van der Waals surface area contributed by atoms with Gasteiger partial charge in [-0.3, -0.25) is 0 Å². The van der Waals surface area contributed by atoms with Gasteiger partial charge in [-0.15, -0.1) is 0 Å². The first-order chi connectivity index (χ1) is 7.32. The fourth-order valence-corrected chi connectivity index (χ4v) is 1.19. The number of halogens is 1. The van der Waals surface area contributed by atoms with Crippen molar-refractivity contribution in [2.24, 2.45) is 0 Å². The van der Waals surface area contributed by atoms with Gasteiger partial charge in [-0.25, -0.2) is 9.18 Å². The molecule has 0 unspecified atom stereocenters. The van der Waals surface area contributed by atoms with E-state index in [1.807, 2.05) is 20.8 Å². The maximum absolute atomic E-state index is 13.3. The van der Waals surface area contributed by atoms with E-state index in [4.69, 9.17) is 4.74 Å². The number of ether oxygens (including phenoxy) is 2. The number of benzene rings is 1. The predicted molar refractivity (Wildman–Crippen MR) is 58.1 cm³/mol. The second-order valence-corrected chi connectivity index (χ2v) is 4.48. The molecule has 0 bridgehead atoms. The maximum atomic E-state index is 13.3. The van der Waals surface area contributed by atoms with Gasteiger partial charge in [0.05, 0.1) is 7.11 Å². The van der Waals surface area contributed by atoms with Crippen LogP contribution in [0, 0.1) is 5.82 Å². The van der Waals surface area contributed by atoms with Gasteiger partial charge in [-0.2, -0.15) is 0 Å². The molecule has 0 aromatic heterocycles. The van der Waals surface area contributed by atoms with Crippen LogP contribution >= 0.6 is 0 Å². The summed E-state index contributed by atoms with van der Waals surface area (Å²) < 4.78 is 22.4. The highest BCUT2D eigenvalue weighted by molar-refractivity contribution is 5.63. The maximum Gasteiger partial charge on any atom is 0.513 e. The SMILES string of the molecule is COC(=O)Oc1cc(F)cc(C(C)(C)C)c1. The van der Waals surface area contributed by atoms with Crippen molar-refractivity contribution in [1.29, 1.82) is 0 Å². The Bertz CT molecular complexity index is 394. The summed E-state index contributed by atoms with van der Waals surface area (Å²) >= 11 is 0. The molecule has 0 heterocycles. The Labute approximate surface area is 94.2 Å². The molecule has 1 aromatic carbocycles. The van der Waals surface area contributed by atoms with Crippen LogP contribution in [0.5, 0.6) is 5.75 Å². The zero-order valence-corrected chi connectivity index (χ0v) is 9.83. The molecule has 0 spiro atoms. The normalized spacial score (nSPS) is 11.1. The Hall–Kier alpha value is -1.58. The van der Waals surface area contributed by atoms with E-state index < -0.39 is 12.0 Å². The summed E-state index contributed by atoms with van der Waals surface area (Å²) in [7, 11) is 1.20. The van der Waals surface area contributed by atoms with Crippen molar-refractivity contribution in [2.75, 3.05) is 7.11 Å². The van der Waals surface area contributed by atoms with Gasteiger partial charge in [-0.1, -0.05) is 20.8 Å². The summed E-state index contributed by atoms with van der Waals surface area (Å²) in [6, 6.07) is 4.19. The molecular formula is C12H15FO3. The molecule has 0 saturated carbocycles. The highest BCUT2D eigenvalue weighted by Crippen LogP contribution is 2.27. The average molecular weight is 226 g/mol. The van der Waals surface area contributed by atoms with Crippen molar-refractivity contribution in [1.82, 2.24) is 0 Å². The summed E-state index contributed by atoms with van der Waals surface area (Å²) in [6.07, 6.45) is -0.856. The van der Waals surface area contributed by atoms with Gasteiger partial charge in [0.1, 0.15) is 11.6 Å². The van der Waals surface area contributed by atoms with Crippen LogP contribution < -0.4 is 4.74 Å². The number of carbonyl (C=O) groups is 1. The quantitative estimate of drug-likeness (QED) is 0.544. The first kappa shape index (κ1) is 12.5. The fourth-order valence-electron chi connectivity index (χ4n) is 1.19. The van der Waals surface area contributed by atoms with E-state index in [1.165, 1.54) is 13.2 Å². The third-order valence-electron chi connectivity index (χ3n) is 2.11. The Balaban J connectivity index is 3.04. The average Bonchev–Trinajstić information content (AvgIpc) is 2.15. The molecule has 0 fully saturated rings. The summed E-state index contributed by atoms with van der Waals surface area (Å²) in [4.78, 5) is 10.9. The lowest BCUT2D eigenvalue weighted by atomic mass is 9.87. The largest absolute Gasteiger partial charge is 0.513 e. The van der Waals surface area contributed by atoms with Crippen LogP contribution in [0.25, 0.3) is 0 Å². The molecule has 88 valence electrons. The second-order valence-electron chi connectivity index (χ2n) is 4.48. The molecular weight excluding hydrogens is 211 g/mol. The number of methoxy groups -OCH3 is 1. The molecule has 1 aromatic rings. The summed E-state index contributed by atoms with van der Waals surface area (Å²) in [5.74, 6) is -0.289. The van der Waals surface area contributed by atoms with Crippen molar-refractivity contribution in [3.05, 3.63) is 29.6 Å². The van der Waals surface area contributed by atoms with Gasteiger partial charge in [0, 0.05) is 6.07 Å². The number of carbonyl (C=O) groups excluding carboxylic acids is 1. The van der Waals surface area contributed by atoms with Crippen LogP contribution in [-0.2, 0) is 10.2 Å². The van der Waals surface area contributed by atoms with Gasteiger partial charge in [0.15, 0.2) is 0 Å². The number of hydrogen-bond acceptors (Lipinski definition) is 3. The molecule has 0 aliphatic rings. The fraction of sp³-hybridized carbons (Fsp3) is 0.417. The van der Waals surface area contributed by atoms with E-state index in [0.29, 0.717) is 0 Å². The molecule has 16 heavy (non-hydrogen) atoms. The van der Waals surface area contributed by atoms with Gasteiger partial charge < -0.3 is 9.47 Å². The van der Waals surface area contributed by atoms with Crippen LogP contribution in [0.2, 0.25) is 0 Å². The van der Waals surface area contributed by atoms with Crippen molar-refractivity contribution in [3.63, 3.8) is 0 Å². The smallest absolute Gasteiger partial charge is 0.437 e. The van der Waals surface area contributed by atoms with E-state index in [1.54, 1.807) is 6.07 Å². The van der Waals surface area contributed by atoms with E-state index in [0.717, 1.165) is 11.6 Å². The molecule has 3 nitrogen and oxygen atoms in total. The third kappa shape index (κ3) is 3.22. The topological polar surface area (TPSA) is 35.5 Å². The first-order valence-electron chi connectivity index (χ1n) is 4.90. The van der Waals surface area contributed by atoms with Gasteiger partial charge in [0.25, 0.3) is 0 Å². The second kappa shape index (κ2) is 4.51. The highest BCUT2D eigenvalue weighted by atomic mass is 19.1. The zero-order valence-electron chi connectivity index (χ0n) is 9.83. The molecule has 1 rings (SSSR count). The standard InChI is InChI=1S/C12H15FO3/c1-12(2,3)8-5-9(13)7-10(6-8)16-11(14)15-4/h5-7H,1-4H3. The zero-order chi connectivity index (χ0) is 12.3. The minimum atomic E-state index is -0.856. The summed E-state index contributed by atoms with van der Waals surface area (Å²) in [6.45, 7) is 5.84. The Morgan fingerprint density at radius 3 is 2.38 bits per heavy atom. The van der Waals surface area contributed by atoms with Crippen LogP contribution in [0.3, 0.4) is 0 Å². The predicted octanol–water partition coefficient (Wildman–Crippen LogP) is 3.27. The molecule has 0 amide bonds. The van der Waals surface area contributed by atoms with Crippen molar-refractivity contribution in [2.45, 2.75) is 26.2 Å². The Morgan fingerprint density at radius 1 is 1.25 bits per heavy atom. The van der Waals surface area contributed by atoms with E-state index in [9.17, 15) is 9.18 Å². The van der Waals surface area contributed by atoms with Crippen LogP contribution in [-0.4, -0.2) is 13.3 Å². The Kier molecular flexibility index (Phi) is 3.52. The lowest BCUT2D eigenvalue weighted by molar-refractivity contribution is 0.121. The summed E-state index contributed by atoms with van der Waals surface area (Å²) in [5.41, 5.74) is 0.544. The number of rotatable bonds is 1. The monoisotopic (exact) mass is 226 g/mol. The molecule has 0 N–H and O–H groups in total. The molecule has 0 saturated heterocycles. The third-order valence-corrected chi connectivity index (χ3v) is 2.11. The molecule has 0 aliphatic carbocycles. The minimum absolute atomic E-state index is 0.150. The van der Waals surface area contributed by atoms with Crippen molar-refractivity contribution in [3.8, 4) is 5.75 Å². The van der Waals surface area contributed by atoms with E-state index in [2.05, 4.69) is 4.74 Å². The van der Waals surface area contributed by atoms with Gasteiger partial charge in [-0.05, 0) is 23.1 Å². The van der Waals surface area contributed by atoms with Gasteiger partial charge >= 0.3 is 6.16 Å². The molecule has 0 atom stereocenters. The van der Waals surface area contributed by atoms with Crippen LogP contribution in [0.15, 0.2) is 18.2 Å². The van der Waals surface area contributed by atoms with Crippen LogP contribution in [0.1, 0.15) is 26.3 Å². The lowest BCUT2D eigenvalue weighted by Crippen LogP contribution is -2.13. The minimum Gasteiger partial charge on any atom is -0.437 e. The van der Waals surface area contributed by atoms with E-state index in [-0.39, 0.29) is 11.2 Å². The molecule has 4 heteroatoms. The van der Waals surface area contributed by atoms with Crippen molar-refractivity contribution < 1.29 is 18.7 Å². The molecule has 0 radical (unpaired) electrons. The van der Waals surface area contributed by atoms with Crippen molar-refractivity contribution >= 4 is 6.16 Å². The Morgan fingerprint density at radius 2 is 1.88 bits per heavy atom. The molecule has 0 aliphatic heterocycles. The van der Waals surface area contributed by atoms with E-state index >= 15 is 0 Å². The van der Waals surface area contributed by atoms with Crippen LogP contribution in [0.4, 0.5) is 9.18 Å². The lowest BCUT2D eigenvalue weighted by Gasteiger charge is -2.19.